The second kappa shape index (κ2) is 7.13. The highest BCUT2D eigenvalue weighted by Gasteiger charge is 2.27. The first-order chi connectivity index (χ1) is 11.1. The number of rotatable bonds is 4. The molecule has 3 rings (SSSR count). The quantitative estimate of drug-likeness (QED) is 0.853. The van der Waals surface area contributed by atoms with Gasteiger partial charge in [0, 0.05) is 32.3 Å². The lowest BCUT2D eigenvalue weighted by atomic mass is 10.0. The molecule has 0 saturated carbocycles. The molecule has 2 amide bonds. The van der Waals surface area contributed by atoms with Gasteiger partial charge in [-0.3, -0.25) is 9.59 Å². The molecule has 1 saturated heterocycles. The average molecular weight is 316 g/mol. The maximum absolute atomic E-state index is 12.5. The first-order valence-electron chi connectivity index (χ1n) is 8.39. The highest BCUT2D eigenvalue weighted by molar-refractivity contribution is 6.00. The number of hydrogen-bond acceptors (Lipinski definition) is 3. The fraction of sp³-hybridized carbons (Fsp3) is 0.556. The van der Waals surface area contributed by atoms with Crippen LogP contribution in [0.3, 0.4) is 0 Å². The molecule has 2 heterocycles. The van der Waals surface area contributed by atoms with Crippen molar-refractivity contribution in [1.82, 2.24) is 4.90 Å². The number of carbonyl (C=O) groups is 2. The van der Waals surface area contributed by atoms with Crippen LogP contribution in [0, 0.1) is 0 Å². The number of para-hydroxylation sites is 1. The second-order valence-electron chi connectivity index (χ2n) is 6.37. The standard InChI is InChI=1S/C18H24N2O3/c1-19(12-15-7-4-5-11-23-15)18(22)13-20-16-8-3-2-6-14(16)9-10-17(20)21/h2-3,6,8,15H,4-5,7,9-13H2,1H3/t15-/m0/s1. The summed E-state index contributed by atoms with van der Waals surface area (Å²) in [5, 5.41) is 0. The molecule has 23 heavy (non-hydrogen) atoms. The Balaban J connectivity index is 1.63. The SMILES string of the molecule is CN(C[C@@H]1CCCCO1)C(=O)CN1C(=O)CCc2ccccc21. The summed E-state index contributed by atoms with van der Waals surface area (Å²) in [4.78, 5) is 28.1. The molecule has 5 nitrogen and oxygen atoms in total. The van der Waals surface area contributed by atoms with Crippen molar-refractivity contribution in [3.8, 4) is 0 Å². The number of carbonyl (C=O) groups excluding carboxylic acids is 2. The van der Waals surface area contributed by atoms with Crippen molar-refractivity contribution in [2.75, 3.05) is 31.6 Å². The number of fused-ring (bicyclic) bond motifs is 1. The molecule has 0 bridgehead atoms. The van der Waals surface area contributed by atoms with Gasteiger partial charge in [-0.05, 0) is 37.3 Å². The van der Waals surface area contributed by atoms with Gasteiger partial charge in [-0.25, -0.2) is 0 Å². The van der Waals surface area contributed by atoms with Crippen molar-refractivity contribution in [3.63, 3.8) is 0 Å². The van der Waals surface area contributed by atoms with Crippen molar-refractivity contribution in [2.24, 2.45) is 0 Å². The second-order valence-corrected chi connectivity index (χ2v) is 6.37. The summed E-state index contributed by atoms with van der Waals surface area (Å²) < 4.78 is 5.69. The van der Waals surface area contributed by atoms with E-state index in [-0.39, 0.29) is 24.5 Å². The van der Waals surface area contributed by atoms with Crippen molar-refractivity contribution in [2.45, 2.75) is 38.2 Å². The zero-order valence-corrected chi connectivity index (χ0v) is 13.7. The van der Waals surface area contributed by atoms with Crippen LogP contribution in [-0.2, 0) is 20.7 Å². The predicted octanol–water partition coefficient (Wildman–Crippen LogP) is 1.99. The van der Waals surface area contributed by atoms with Crippen LogP contribution >= 0.6 is 0 Å². The van der Waals surface area contributed by atoms with E-state index in [0.29, 0.717) is 13.0 Å². The molecule has 0 N–H and O–H groups in total. The van der Waals surface area contributed by atoms with E-state index in [0.717, 1.165) is 43.5 Å². The minimum atomic E-state index is -0.0378. The molecule has 1 fully saturated rings. The third-order valence-electron chi connectivity index (χ3n) is 4.66. The smallest absolute Gasteiger partial charge is 0.242 e. The third-order valence-corrected chi connectivity index (χ3v) is 4.66. The first kappa shape index (κ1) is 16.0. The highest BCUT2D eigenvalue weighted by atomic mass is 16.5. The van der Waals surface area contributed by atoms with Crippen molar-refractivity contribution in [3.05, 3.63) is 29.8 Å². The Morgan fingerprint density at radius 1 is 1.30 bits per heavy atom. The molecule has 1 atom stereocenters. The van der Waals surface area contributed by atoms with Crippen molar-refractivity contribution < 1.29 is 14.3 Å². The van der Waals surface area contributed by atoms with Gasteiger partial charge in [0.15, 0.2) is 0 Å². The van der Waals surface area contributed by atoms with E-state index in [2.05, 4.69) is 0 Å². The van der Waals surface area contributed by atoms with Gasteiger partial charge in [0.05, 0.1) is 6.10 Å². The van der Waals surface area contributed by atoms with E-state index >= 15 is 0 Å². The Morgan fingerprint density at radius 2 is 2.13 bits per heavy atom. The van der Waals surface area contributed by atoms with Gasteiger partial charge in [-0.2, -0.15) is 0 Å². The van der Waals surface area contributed by atoms with Crippen molar-refractivity contribution >= 4 is 17.5 Å². The Morgan fingerprint density at radius 3 is 2.91 bits per heavy atom. The maximum Gasteiger partial charge on any atom is 0.242 e. The topological polar surface area (TPSA) is 49.9 Å². The Kier molecular flexibility index (Phi) is 4.96. The van der Waals surface area contributed by atoms with Gasteiger partial charge in [0.25, 0.3) is 0 Å². The van der Waals surface area contributed by atoms with Gasteiger partial charge < -0.3 is 14.5 Å². The van der Waals surface area contributed by atoms with E-state index in [9.17, 15) is 9.59 Å². The normalized spacial score (nSPS) is 21.0. The van der Waals surface area contributed by atoms with Gasteiger partial charge >= 0.3 is 0 Å². The summed E-state index contributed by atoms with van der Waals surface area (Å²) in [6.45, 7) is 1.49. The number of anilines is 1. The Hall–Kier alpha value is -1.88. The highest BCUT2D eigenvalue weighted by Crippen LogP contribution is 2.27. The summed E-state index contributed by atoms with van der Waals surface area (Å²) in [7, 11) is 1.79. The van der Waals surface area contributed by atoms with Gasteiger partial charge in [0.2, 0.25) is 11.8 Å². The van der Waals surface area contributed by atoms with E-state index in [1.54, 1.807) is 16.8 Å². The summed E-state index contributed by atoms with van der Waals surface area (Å²) in [6.07, 6.45) is 4.62. The number of nitrogens with zero attached hydrogens (tertiary/aromatic N) is 2. The van der Waals surface area contributed by atoms with E-state index in [4.69, 9.17) is 4.74 Å². The summed E-state index contributed by atoms with van der Waals surface area (Å²) in [5.41, 5.74) is 2.01. The lowest BCUT2D eigenvalue weighted by Gasteiger charge is -2.32. The zero-order chi connectivity index (χ0) is 16.2. The van der Waals surface area contributed by atoms with Crippen LogP contribution in [-0.4, -0.2) is 49.6 Å². The molecular weight excluding hydrogens is 292 g/mol. The van der Waals surface area contributed by atoms with E-state index < -0.39 is 0 Å². The first-order valence-corrected chi connectivity index (χ1v) is 8.39. The van der Waals surface area contributed by atoms with Crippen LogP contribution in [0.5, 0.6) is 0 Å². The fourth-order valence-electron chi connectivity index (χ4n) is 3.28. The lowest BCUT2D eigenvalue weighted by Crippen LogP contribution is -2.45. The molecule has 5 heteroatoms. The van der Waals surface area contributed by atoms with Crippen LogP contribution < -0.4 is 4.90 Å². The predicted molar refractivity (Wildman–Crippen MR) is 88.3 cm³/mol. The van der Waals surface area contributed by atoms with Crippen LogP contribution in [0.15, 0.2) is 24.3 Å². The number of hydrogen-bond donors (Lipinski definition) is 0. The Bertz CT molecular complexity index is 581. The average Bonchev–Trinajstić information content (AvgIpc) is 2.58. The zero-order valence-electron chi connectivity index (χ0n) is 13.7. The minimum Gasteiger partial charge on any atom is -0.376 e. The summed E-state index contributed by atoms with van der Waals surface area (Å²) in [6, 6.07) is 7.83. The third kappa shape index (κ3) is 3.72. The molecular formula is C18H24N2O3. The molecule has 1 aromatic rings. The number of aryl methyl sites for hydroxylation is 1. The van der Waals surface area contributed by atoms with E-state index in [1.807, 2.05) is 24.3 Å². The minimum absolute atomic E-state index is 0.0272. The van der Waals surface area contributed by atoms with E-state index in [1.165, 1.54) is 0 Å². The maximum atomic E-state index is 12.5. The number of amides is 2. The van der Waals surface area contributed by atoms with Crippen LogP contribution in [0.2, 0.25) is 0 Å². The van der Waals surface area contributed by atoms with Gasteiger partial charge in [-0.15, -0.1) is 0 Å². The summed E-state index contributed by atoms with van der Waals surface area (Å²) in [5.74, 6) is -0.0106. The Labute approximate surface area is 137 Å². The molecule has 0 spiro atoms. The number of ether oxygens (including phenoxy) is 1. The lowest BCUT2D eigenvalue weighted by molar-refractivity contribution is -0.132. The van der Waals surface area contributed by atoms with Crippen LogP contribution in [0.1, 0.15) is 31.2 Å². The van der Waals surface area contributed by atoms with Gasteiger partial charge in [-0.1, -0.05) is 18.2 Å². The van der Waals surface area contributed by atoms with Crippen molar-refractivity contribution in [1.29, 1.82) is 0 Å². The van der Waals surface area contributed by atoms with Crippen LogP contribution in [0.25, 0.3) is 0 Å². The van der Waals surface area contributed by atoms with Crippen LogP contribution in [0.4, 0.5) is 5.69 Å². The molecule has 0 aromatic heterocycles. The molecule has 0 radical (unpaired) electrons. The monoisotopic (exact) mass is 316 g/mol. The fourth-order valence-corrected chi connectivity index (χ4v) is 3.28. The molecule has 0 unspecified atom stereocenters. The molecule has 0 aliphatic carbocycles. The number of benzene rings is 1. The number of likely N-dealkylation sites (N-methyl/N-ethyl adjacent to an activating group) is 1. The largest absolute Gasteiger partial charge is 0.376 e. The molecule has 1 aromatic carbocycles. The summed E-state index contributed by atoms with van der Waals surface area (Å²) >= 11 is 0. The molecule has 2 aliphatic heterocycles. The molecule has 124 valence electrons. The molecule has 2 aliphatic rings. The van der Waals surface area contributed by atoms with Gasteiger partial charge in [0.1, 0.15) is 6.54 Å².